The van der Waals surface area contributed by atoms with Crippen molar-refractivity contribution < 1.29 is 9.21 Å². The largest absolute Gasteiger partial charge is 0.448 e. The quantitative estimate of drug-likeness (QED) is 0.600. The SMILES string of the molecule is O=C(CSCc1ccc(Cl)cc1)NN=Cc1ccc(Br)o1. The first-order valence-corrected chi connectivity index (χ1v) is 8.35. The zero-order valence-electron chi connectivity index (χ0n) is 10.9. The molecule has 0 spiro atoms. The average molecular weight is 388 g/mol. The number of carbonyl (C=O) groups is 1. The highest BCUT2D eigenvalue weighted by Crippen LogP contribution is 2.15. The first kappa shape index (κ1) is 16.1. The lowest BCUT2D eigenvalue weighted by atomic mass is 10.2. The van der Waals surface area contributed by atoms with Crippen molar-refractivity contribution in [3.63, 3.8) is 0 Å². The monoisotopic (exact) mass is 386 g/mol. The van der Waals surface area contributed by atoms with Gasteiger partial charge in [0.2, 0.25) is 5.91 Å². The molecule has 1 amide bonds. The van der Waals surface area contributed by atoms with Crippen molar-refractivity contribution in [3.8, 4) is 0 Å². The lowest BCUT2D eigenvalue weighted by Crippen LogP contribution is -2.19. The van der Waals surface area contributed by atoms with Crippen LogP contribution in [0.2, 0.25) is 5.02 Å². The molecule has 0 saturated carbocycles. The number of hydrogen-bond acceptors (Lipinski definition) is 4. The van der Waals surface area contributed by atoms with E-state index in [-0.39, 0.29) is 5.91 Å². The Kier molecular flexibility index (Phi) is 6.35. The number of nitrogens with one attached hydrogen (secondary N) is 1. The number of hydrazone groups is 1. The fraction of sp³-hybridized carbons (Fsp3) is 0.143. The van der Waals surface area contributed by atoms with Crippen LogP contribution in [0.15, 0.2) is 50.6 Å². The zero-order valence-corrected chi connectivity index (χ0v) is 14.0. The van der Waals surface area contributed by atoms with Gasteiger partial charge in [-0.05, 0) is 45.8 Å². The van der Waals surface area contributed by atoms with Crippen molar-refractivity contribution in [1.29, 1.82) is 0 Å². The van der Waals surface area contributed by atoms with Crippen LogP contribution in [0.3, 0.4) is 0 Å². The van der Waals surface area contributed by atoms with E-state index in [0.717, 1.165) is 11.3 Å². The molecule has 4 nitrogen and oxygen atoms in total. The van der Waals surface area contributed by atoms with Gasteiger partial charge in [-0.2, -0.15) is 5.10 Å². The van der Waals surface area contributed by atoms with E-state index >= 15 is 0 Å². The molecule has 0 radical (unpaired) electrons. The summed E-state index contributed by atoms with van der Waals surface area (Å²) in [5.41, 5.74) is 3.58. The van der Waals surface area contributed by atoms with Crippen molar-refractivity contribution in [2.45, 2.75) is 5.75 Å². The first-order valence-electron chi connectivity index (χ1n) is 6.03. The third kappa shape index (κ3) is 5.95. The number of hydrogen-bond donors (Lipinski definition) is 1. The topological polar surface area (TPSA) is 54.6 Å². The molecule has 0 saturated heterocycles. The normalized spacial score (nSPS) is 11.0. The Balaban J connectivity index is 1.68. The summed E-state index contributed by atoms with van der Waals surface area (Å²) in [7, 11) is 0. The van der Waals surface area contributed by atoms with Crippen molar-refractivity contribution >= 4 is 51.4 Å². The van der Waals surface area contributed by atoms with Crippen molar-refractivity contribution in [1.82, 2.24) is 5.43 Å². The van der Waals surface area contributed by atoms with Gasteiger partial charge in [0.25, 0.3) is 0 Å². The van der Waals surface area contributed by atoms with E-state index in [1.54, 1.807) is 12.1 Å². The first-order chi connectivity index (χ1) is 10.1. The highest BCUT2D eigenvalue weighted by Gasteiger charge is 2.01. The van der Waals surface area contributed by atoms with E-state index in [1.807, 2.05) is 24.3 Å². The lowest BCUT2D eigenvalue weighted by molar-refractivity contribution is -0.118. The summed E-state index contributed by atoms with van der Waals surface area (Å²) in [6.45, 7) is 0. The molecule has 0 aliphatic rings. The van der Waals surface area contributed by atoms with Gasteiger partial charge >= 0.3 is 0 Å². The van der Waals surface area contributed by atoms with Crippen LogP contribution in [-0.4, -0.2) is 17.9 Å². The van der Waals surface area contributed by atoms with Gasteiger partial charge in [-0.3, -0.25) is 4.79 Å². The molecule has 1 aromatic carbocycles. The Morgan fingerprint density at radius 3 is 2.76 bits per heavy atom. The summed E-state index contributed by atoms with van der Waals surface area (Å²) in [5, 5.41) is 4.53. The summed E-state index contributed by atoms with van der Waals surface area (Å²) in [5.74, 6) is 1.49. The molecule has 21 heavy (non-hydrogen) atoms. The van der Waals surface area contributed by atoms with E-state index in [4.69, 9.17) is 16.0 Å². The summed E-state index contributed by atoms with van der Waals surface area (Å²) in [6, 6.07) is 11.1. The molecule has 0 aliphatic carbocycles. The highest BCUT2D eigenvalue weighted by molar-refractivity contribution is 9.10. The molecule has 2 rings (SSSR count). The summed E-state index contributed by atoms with van der Waals surface area (Å²) >= 11 is 10.5. The number of benzene rings is 1. The van der Waals surface area contributed by atoms with Crippen molar-refractivity contribution in [3.05, 3.63) is 57.4 Å². The van der Waals surface area contributed by atoms with Crippen molar-refractivity contribution in [2.75, 3.05) is 5.75 Å². The van der Waals surface area contributed by atoms with E-state index in [2.05, 4.69) is 26.5 Å². The van der Waals surface area contributed by atoms with Crippen LogP contribution in [0.1, 0.15) is 11.3 Å². The van der Waals surface area contributed by atoms with Gasteiger partial charge in [-0.1, -0.05) is 23.7 Å². The van der Waals surface area contributed by atoms with E-state index in [9.17, 15) is 4.79 Å². The number of nitrogens with zero attached hydrogens (tertiary/aromatic N) is 1. The minimum Gasteiger partial charge on any atom is -0.448 e. The maximum Gasteiger partial charge on any atom is 0.250 e. The number of carbonyl (C=O) groups excluding carboxylic acids is 1. The maximum absolute atomic E-state index is 11.6. The molecule has 1 aromatic heterocycles. The van der Waals surface area contributed by atoms with Crippen LogP contribution in [0, 0.1) is 0 Å². The third-order valence-electron chi connectivity index (χ3n) is 2.39. The second kappa shape index (κ2) is 8.26. The number of rotatable bonds is 6. The molecule has 110 valence electrons. The molecule has 0 fully saturated rings. The van der Waals surface area contributed by atoms with Crippen LogP contribution in [0.5, 0.6) is 0 Å². The Hall–Kier alpha value is -1.24. The molecule has 0 bridgehead atoms. The molecule has 0 aliphatic heterocycles. The van der Waals surface area contributed by atoms with E-state index < -0.39 is 0 Å². The van der Waals surface area contributed by atoms with Crippen LogP contribution in [-0.2, 0) is 10.5 Å². The van der Waals surface area contributed by atoms with Crippen LogP contribution in [0.4, 0.5) is 0 Å². The zero-order chi connectivity index (χ0) is 15.1. The average Bonchev–Trinajstić information content (AvgIpc) is 2.87. The summed E-state index contributed by atoms with van der Waals surface area (Å²) in [6.07, 6.45) is 1.45. The standard InChI is InChI=1S/C14H12BrClN2O2S/c15-13-6-5-12(20-13)7-17-18-14(19)9-21-8-10-1-3-11(16)4-2-10/h1-7H,8-9H2,(H,18,19). The molecule has 7 heteroatoms. The number of halogens is 2. The van der Waals surface area contributed by atoms with Crippen LogP contribution >= 0.6 is 39.3 Å². The van der Waals surface area contributed by atoms with Crippen LogP contribution in [0.25, 0.3) is 0 Å². The van der Waals surface area contributed by atoms with Gasteiger partial charge in [0.05, 0.1) is 12.0 Å². The number of thioether (sulfide) groups is 1. The number of furan rings is 1. The molecular weight excluding hydrogens is 376 g/mol. The Morgan fingerprint density at radius 2 is 2.10 bits per heavy atom. The van der Waals surface area contributed by atoms with Gasteiger partial charge in [0, 0.05) is 10.8 Å². The fourth-order valence-electron chi connectivity index (χ4n) is 1.44. The van der Waals surface area contributed by atoms with Crippen LogP contribution < -0.4 is 5.43 Å². The fourth-order valence-corrected chi connectivity index (χ4v) is 2.67. The second-order valence-corrected chi connectivity index (χ2v) is 6.26. The molecule has 1 N–H and O–H groups in total. The Bertz CT molecular complexity index is 628. The Morgan fingerprint density at radius 1 is 1.33 bits per heavy atom. The minimum absolute atomic E-state index is 0.157. The number of amides is 1. The van der Waals surface area contributed by atoms with E-state index in [0.29, 0.717) is 21.2 Å². The molecule has 0 atom stereocenters. The maximum atomic E-state index is 11.6. The smallest absolute Gasteiger partial charge is 0.250 e. The van der Waals surface area contributed by atoms with Gasteiger partial charge < -0.3 is 4.42 Å². The minimum atomic E-state index is -0.157. The Labute approximate surface area is 140 Å². The van der Waals surface area contributed by atoms with E-state index in [1.165, 1.54) is 18.0 Å². The predicted molar refractivity (Wildman–Crippen MR) is 89.8 cm³/mol. The molecule has 1 heterocycles. The van der Waals surface area contributed by atoms with Gasteiger partial charge in [0.1, 0.15) is 5.76 Å². The van der Waals surface area contributed by atoms with Gasteiger partial charge in [-0.25, -0.2) is 5.43 Å². The highest BCUT2D eigenvalue weighted by atomic mass is 79.9. The lowest BCUT2D eigenvalue weighted by Gasteiger charge is -2.01. The molecular formula is C14H12BrClN2O2S. The van der Waals surface area contributed by atoms with Gasteiger partial charge in [-0.15, -0.1) is 11.8 Å². The summed E-state index contributed by atoms with van der Waals surface area (Å²) in [4.78, 5) is 11.6. The van der Waals surface area contributed by atoms with Crippen molar-refractivity contribution in [2.24, 2.45) is 5.10 Å². The van der Waals surface area contributed by atoms with Gasteiger partial charge in [0.15, 0.2) is 4.67 Å². The predicted octanol–water partition coefficient (Wildman–Crippen LogP) is 4.08. The summed E-state index contributed by atoms with van der Waals surface area (Å²) < 4.78 is 5.83. The molecule has 0 unspecified atom stereocenters. The second-order valence-electron chi connectivity index (χ2n) is 4.05. The third-order valence-corrected chi connectivity index (χ3v) is 4.07. The molecule has 2 aromatic rings.